The number of anilines is 1. The Hall–Kier alpha value is -1.11. The van der Waals surface area contributed by atoms with Gasteiger partial charge in [0.05, 0.1) is 12.4 Å². The first-order chi connectivity index (χ1) is 9.07. The Morgan fingerprint density at radius 3 is 2.74 bits per heavy atom. The zero-order chi connectivity index (χ0) is 13.7. The van der Waals surface area contributed by atoms with Gasteiger partial charge in [0.1, 0.15) is 0 Å². The molecular formula is C13H20N2O3S. The van der Waals surface area contributed by atoms with Crippen molar-refractivity contribution in [2.45, 2.75) is 18.6 Å². The first kappa shape index (κ1) is 14.3. The Morgan fingerprint density at radius 2 is 2.05 bits per heavy atom. The van der Waals surface area contributed by atoms with E-state index in [1.165, 1.54) is 12.8 Å². The molecule has 1 aromatic rings. The number of ether oxygens (including phenoxy) is 1. The topological polar surface area (TPSA) is 81.4 Å². The largest absolute Gasteiger partial charge is 0.398 e. The summed E-state index contributed by atoms with van der Waals surface area (Å²) in [5.74, 6) is 0.600. The number of benzene rings is 1. The highest BCUT2D eigenvalue weighted by molar-refractivity contribution is 7.88. The van der Waals surface area contributed by atoms with Crippen molar-refractivity contribution in [3.05, 3.63) is 29.8 Å². The summed E-state index contributed by atoms with van der Waals surface area (Å²) in [5, 5.41) is 0. The lowest BCUT2D eigenvalue weighted by atomic mass is 10.2. The molecule has 1 saturated carbocycles. The number of para-hydroxylation sites is 1. The summed E-state index contributed by atoms with van der Waals surface area (Å²) in [4.78, 5) is 0. The van der Waals surface area contributed by atoms with E-state index in [2.05, 4.69) is 4.72 Å². The molecular weight excluding hydrogens is 264 g/mol. The van der Waals surface area contributed by atoms with Crippen LogP contribution in [0.2, 0.25) is 0 Å². The van der Waals surface area contributed by atoms with Crippen molar-refractivity contribution < 1.29 is 13.2 Å². The molecule has 0 amide bonds. The molecule has 0 spiro atoms. The SMILES string of the molecule is Nc1ccccc1CS(=O)(=O)NCCOCC1CC1. The average Bonchev–Trinajstić information content (AvgIpc) is 3.15. The minimum atomic E-state index is -3.35. The van der Waals surface area contributed by atoms with Gasteiger partial charge in [-0.25, -0.2) is 13.1 Å². The second-order valence-corrected chi connectivity index (χ2v) is 6.68. The van der Waals surface area contributed by atoms with Gasteiger partial charge in [-0.05, 0) is 30.4 Å². The molecule has 0 unspecified atom stereocenters. The number of hydrogen-bond donors (Lipinski definition) is 2. The quantitative estimate of drug-likeness (QED) is 0.553. The molecule has 3 N–H and O–H groups in total. The van der Waals surface area contributed by atoms with Crippen molar-refractivity contribution in [3.8, 4) is 0 Å². The van der Waals surface area contributed by atoms with Crippen molar-refractivity contribution in [2.75, 3.05) is 25.5 Å². The third kappa shape index (κ3) is 5.18. The third-order valence-corrected chi connectivity index (χ3v) is 4.35. The standard InChI is InChI=1S/C13H20N2O3S/c14-13-4-2-1-3-12(13)10-19(16,17)15-7-8-18-9-11-5-6-11/h1-4,11,15H,5-10,14H2. The van der Waals surface area contributed by atoms with Crippen molar-refractivity contribution in [2.24, 2.45) is 5.92 Å². The highest BCUT2D eigenvalue weighted by Gasteiger charge is 2.21. The van der Waals surface area contributed by atoms with Crippen molar-refractivity contribution >= 4 is 15.7 Å². The monoisotopic (exact) mass is 284 g/mol. The molecule has 0 bridgehead atoms. The fourth-order valence-electron chi connectivity index (χ4n) is 1.73. The van der Waals surface area contributed by atoms with E-state index in [4.69, 9.17) is 10.5 Å². The lowest BCUT2D eigenvalue weighted by molar-refractivity contribution is 0.129. The van der Waals surface area contributed by atoms with Crippen molar-refractivity contribution in [3.63, 3.8) is 0 Å². The average molecular weight is 284 g/mol. The molecule has 1 aliphatic carbocycles. The van der Waals surface area contributed by atoms with Gasteiger partial charge in [-0.1, -0.05) is 18.2 Å². The summed E-state index contributed by atoms with van der Waals surface area (Å²) in [6.07, 6.45) is 2.47. The van der Waals surface area contributed by atoms with Gasteiger partial charge in [-0.3, -0.25) is 0 Å². The zero-order valence-electron chi connectivity index (χ0n) is 10.8. The predicted molar refractivity (Wildman–Crippen MR) is 75.0 cm³/mol. The first-order valence-corrected chi connectivity index (χ1v) is 8.10. The van der Waals surface area contributed by atoms with Crippen LogP contribution < -0.4 is 10.5 Å². The van der Waals surface area contributed by atoms with E-state index < -0.39 is 10.0 Å². The number of nitrogen functional groups attached to an aromatic ring is 1. The zero-order valence-corrected chi connectivity index (χ0v) is 11.7. The molecule has 2 rings (SSSR count). The molecule has 0 radical (unpaired) electrons. The summed E-state index contributed by atoms with van der Waals surface area (Å²) in [5.41, 5.74) is 6.84. The summed E-state index contributed by atoms with van der Waals surface area (Å²) in [7, 11) is -3.35. The minimum Gasteiger partial charge on any atom is -0.398 e. The van der Waals surface area contributed by atoms with Crippen LogP contribution >= 0.6 is 0 Å². The Balaban J connectivity index is 1.73. The summed E-state index contributed by atoms with van der Waals surface area (Å²) < 4.78 is 31.6. The van der Waals surface area contributed by atoms with Crippen LogP contribution in [-0.2, 0) is 20.5 Å². The van der Waals surface area contributed by atoms with E-state index >= 15 is 0 Å². The third-order valence-electron chi connectivity index (χ3n) is 3.02. The van der Waals surface area contributed by atoms with Crippen LogP contribution in [-0.4, -0.2) is 28.2 Å². The molecule has 1 fully saturated rings. The highest BCUT2D eigenvalue weighted by atomic mass is 32.2. The number of sulfonamides is 1. The maximum Gasteiger partial charge on any atom is 0.215 e. The first-order valence-electron chi connectivity index (χ1n) is 6.45. The predicted octanol–water partition coefficient (Wildman–Crippen LogP) is 1.11. The molecule has 6 heteroatoms. The van der Waals surface area contributed by atoms with Crippen LogP contribution in [0.3, 0.4) is 0 Å². The number of hydrogen-bond acceptors (Lipinski definition) is 4. The summed E-state index contributed by atoms with van der Waals surface area (Å²) in [6.45, 7) is 1.47. The van der Waals surface area contributed by atoms with Gasteiger partial charge < -0.3 is 10.5 Å². The fourth-order valence-corrected chi connectivity index (χ4v) is 2.89. The van der Waals surface area contributed by atoms with Gasteiger partial charge in [0.15, 0.2) is 0 Å². The van der Waals surface area contributed by atoms with Gasteiger partial charge >= 0.3 is 0 Å². The van der Waals surface area contributed by atoms with E-state index in [-0.39, 0.29) is 5.75 Å². The Morgan fingerprint density at radius 1 is 1.32 bits per heavy atom. The van der Waals surface area contributed by atoms with E-state index in [0.717, 1.165) is 6.61 Å². The van der Waals surface area contributed by atoms with Gasteiger partial charge in [0, 0.05) is 18.8 Å². The van der Waals surface area contributed by atoms with Crippen LogP contribution in [0.15, 0.2) is 24.3 Å². The second kappa shape index (κ2) is 6.36. The minimum absolute atomic E-state index is 0.0949. The van der Waals surface area contributed by atoms with E-state index in [1.807, 2.05) is 0 Å². The molecule has 0 aromatic heterocycles. The molecule has 1 aromatic carbocycles. The molecule has 0 aliphatic heterocycles. The number of rotatable bonds is 8. The normalized spacial score (nSPS) is 15.6. The van der Waals surface area contributed by atoms with Crippen LogP contribution in [0, 0.1) is 5.92 Å². The number of nitrogens with two attached hydrogens (primary N) is 1. The van der Waals surface area contributed by atoms with Crippen molar-refractivity contribution in [1.82, 2.24) is 4.72 Å². The van der Waals surface area contributed by atoms with Crippen LogP contribution in [0.5, 0.6) is 0 Å². The highest BCUT2D eigenvalue weighted by Crippen LogP contribution is 2.28. The van der Waals surface area contributed by atoms with E-state index in [0.29, 0.717) is 30.3 Å². The summed E-state index contributed by atoms with van der Waals surface area (Å²) >= 11 is 0. The van der Waals surface area contributed by atoms with E-state index in [9.17, 15) is 8.42 Å². The smallest absolute Gasteiger partial charge is 0.215 e. The fraction of sp³-hybridized carbons (Fsp3) is 0.538. The van der Waals surface area contributed by atoms with Crippen LogP contribution in [0.25, 0.3) is 0 Å². The molecule has 0 atom stereocenters. The number of nitrogens with one attached hydrogen (secondary N) is 1. The maximum atomic E-state index is 11.8. The molecule has 106 valence electrons. The van der Waals surface area contributed by atoms with Gasteiger partial charge in [-0.2, -0.15) is 0 Å². The molecule has 0 heterocycles. The lowest BCUT2D eigenvalue weighted by Gasteiger charge is -2.09. The van der Waals surface area contributed by atoms with Gasteiger partial charge in [0.2, 0.25) is 10.0 Å². The summed E-state index contributed by atoms with van der Waals surface area (Å²) in [6, 6.07) is 6.98. The van der Waals surface area contributed by atoms with Crippen LogP contribution in [0.1, 0.15) is 18.4 Å². The van der Waals surface area contributed by atoms with Gasteiger partial charge in [0.25, 0.3) is 0 Å². The Bertz CT molecular complexity index is 512. The maximum absolute atomic E-state index is 11.8. The lowest BCUT2D eigenvalue weighted by Crippen LogP contribution is -2.29. The van der Waals surface area contributed by atoms with Crippen LogP contribution in [0.4, 0.5) is 5.69 Å². The Kier molecular flexibility index (Phi) is 4.79. The molecule has 5 nitrogen and oxygen atoms in total. The van der Waals surface area contributed by atoms with E-state index in [1.54, 1.807) is 24.3 Å². The second-order valence-electron chi connectivity index (χ2n) is 4.87. The molecule has 19 heavy (non-hydrogen) atoms. The Labute approximate surface area is 114 Å². The van der Waals surface area contributed by atoms with Crippen molar-refractivity contribution in [1.29, 1.82) is 0 Å². The van der Waals surface area contributed by atoms with Gasteiger partial charge in [-0.15, -0.1) is 0 Å². The molecule has 1 aliphatic rings. The molecule has 0 saturated heterocycles.